The zero-order valence-electron chi connectivity index (χ0n) is 10.8. The quantitative estimate of drug-likeness (QED) is 0.749. The highest BCUT2D eigenvalue weighted by Gasteiger charge is 2.15. The lowest BCUT2D eigenvalue weighted by Crippen LogP contribution is -2.36. The van der Waals surface area contributed by atoms with Gasteiger partial charge in [-0.3, -0.25) is 0 Å². The number of rotatable bonds is 2. The minimum atomic E-state index is -0.544. The summed E-state index contributed by atoms with van der Waals surface area (Å²) < 4.78 is 4.93. The molecular weight excluding hydrogens is 194 g/mol. The van der Waals surface area contributed by atoms with Crippen molar-refractivity contribution in [1.29, 1.82) is 0 Å². The fraction of sp³-hybridized carbons (Fsp3) is 0.909. The van der Waals surface area contributed by atoms with E-state index in [1.807, 2.05) is 0 Å². The van der Waals surface area contributed by atoms with Gasteiger partial charge in [-0.1, -0.05) is 20.3 Å². The van der Waals surface area contributed by atoms with Crippen molar-refractivity contribution >= 4 is 6.09 Å². The highest BCUT2D eigenvalue weighted by Crippen LogP contribution is 2.06. The van der Waals surface area contributed by atoms with Crippen LogP contribution >= 0.6 is 0 Å². The van der Waals surface area contributed by atoms with E-state index in [4.69, 9.17) is 9.84 Å². The molecule has 0 saturated carbocycles. The number of alkyl carbamates (subject to hydrolysis) is 1. The van der Waals surface area contributed by atoms with E-state index in [1.165, 1.54) is 6.42 Å². The van der Waals surface area contributed by atoms with Gasteiger partial charge in [0.2, 0.25) is 0 Å². The van der Waals surface area contributed by atoms with E-state index < -0.39 is 17.8 Å². The molecule has 0 spiro atoms. The lowest BCUT2D eigenvalue weighted by atomic mass is 10.2. The zero-order valence-corrected chi connectivity index (χ0v) is 10.8. The molecule has 15 heavy (non-hydrogen) atoms. The van der Waals surface area contributed by atoms with Crippen molar-refractivity contribution < 1.29 is 14.6 Å². The molecule has 0 aliphatic rings. The van der Waals surface area contributed by atoms with E-state index in [1.54, 1.807) is 27.7 Å². The van der Waals surface area contributed by atoms with Gasteiger partial charge in [-0.2, -0.15) is 0 Å². The van der Waals surface area contributed by atoms with Crippen molar-refractivity contribution in [3.8, 4) is 0 Å². The lowest BCUT2D eigenvalue weighted by molar-refractivity contribution is 0.0498. The summed E-state index contributed by atoms with van der Waals surface area (Å²) in [6, 6.07) is 0. The van der Waals surface area contributed by atoms with Gasteiger partial charge < -0.3 is 15.2 Å². The first kappa shape index (κ1) is 16.7. The summed E-state index contributed by atoms with van der Waals surface area (Å²) in [6.07, 6.45) is 0.209. The van der Waals surface area contributed by atoms with Crippen LogP contribution in [-0.4, -0.2) is 29.4 Å². The van der Waals surface area contributed by atoms with Crippen LogP contribution in [0.3, 0.4) is 0 Å². The summed E-state index contributed by atoms with van der Waals surface area (Å²) in [5.41, 5.74) is -0.483. The first-order valence-electron chi connectivity index (χ1n) is 5.37. The summed E-state index contributed by atoms with van der Waals surface area (Å²) >= 11 is 0. The second kappa shape index (κ2) is 8.53. The first-order valence-corrected chi connectivity index (χ1v) is 5.37. The molecule has 4 nitrogen and oxygen atoms in total. The number of ether oxygens (including phenoxy) is 1. The van der Waals surface area contributed by atoms with E-state index >= 15 is 0 Å². The molecule has 0 aliphatic heterocycles. The second-order valence-electron chi connectivity index (χ2n) is 4.44. The van der Waals surface area contributed by atoms with Gasteiger partial charge in [0.1, 0.15) is 5.60 Å². The Morgan fingerprint density at radius 1 is 1.40 bits per heavy atom. The van der Waals surface area contributed by atoms with Crippen molar-refractivity contribution in [2.24, 2.45) is 0 Å². The maximum absolute atomic E-state index is 10.9. The Bertz CT molecular complexity index is 162. The summed E-state index contributed by atoms with van der Waals surface area (Å²) in [7, 11) is 0. The van der Waals surface area contributed by atoms with E-state index in [0.29, 0.717) is 0 Å². The van der Waals surface area contributed by atoms with Crippen LogP contribution in [0.1, 0.15) is 48.0 Å². The molecule has 2 N–H and O–H groups in total. The maximum Gasteiger partial charge on any atom is 0.407 e. The Morgan fingerprint density at radius 3 is 2.07 bits per heavy atom. The molecule has 1 amide bonds. The van der Waals surface area contributed by atoms with Gasteiger partial charge in [-0.15, -0.1) is 0 Å². The van der Waals surface area contributed by atoms with Crippen LogP contribution in [0.5, 0.6) is 0 Å². The number of nitrogens with one attached hydrogen (secondary N) is 1. The van der Waals surface area contributed by atoms with Crippen LogP contribution in [0.15, 0.2) is 0 Å². The minimum absolute atomic E-state index is 0.217. The normalized spacial score (nSPS) is 12.2. The number of aliphatic hydroxyl groups is 1. The Kier molecular flexibility index (Phi) is 9.47. The fourth-order valence-electron chi connectivity index (χ4n) is 0.545. The molecule has 0 heterocycles. The molecule has 0 aromatic rings. The van der Waals surface area contributed by atoms with Gasteiger partial charge in [0.05, 0.1) is 6.10 Å². The number of hydrogen-bond acceptors (Lipinski definition) is 3. The third-order valence-corrected chi connectivity index (χ3v) is 0.941. The minimum Gasteiger partial charge on any atom is -0.444 e. The van der Waals surface area contributed by atoms with Gasteiger partial charge in [0.15, 0.2) is 0 Å². The monoisotopic (exact) mass is 219 g/mol. The first-order chi connectivity index (χ1) is 6.72. The highest BCUT2D eigenvalue weighted by atomic mass is 16.6. The molecule has 0 radical (unpaired) electrons. The Balaban J connectivity index is 0. The molecule has 1 unspecified atom stereocenters. The highest BCUT2D eigenvalue weighted by molar-refractivity contribution is 5.67. The van der Waals surface area contributed by atoms with Crippen LogP contribution in [0.4, 0.5) is 4.79 Å². The zero-order chi connectivity index (χ0) is 12.5. The molecule has 92 valence electrons. The molecule has 0 aromatic heterocycles. The molecule has 0 rings (SSSR count). The summed E-state index contributed by atoms with van der Waals surface area (Å²) in [6.45, 7) is 11.4. The predicted octanol–water partition coefficient (Wildman–Crippen LogP) is 2.31. The Hall–Kier alpha value is -0.770. The van der Waals surface area contributed by atoms with E-state index in [2.05, 4.69) is 19.2 Å². The molecule has 0 saturated heterocycles. The number of aliphatic hydroxyl groups excluding tert-OH is 1. The fourth-order valence-corrected chi connectivity index (χ4v) is 0.545. The average molecular weight is 219 g/mol. The second-order valence-corrected chi connectivity index (χ2v) is 4.44. The molecule has 0 bridgehead atoms. The molecular formula is C11H25NO3. The maximum atomic E-state index is 10.9. The third kappa shape index (κ3) is 19.6. The number of carbonyl (C=O) groups is 1. The van der Waals surface area contributed by atoms with Crippen molar-refractivity contribution in [2.45, 2.75) is 59.7 Å². The van der Waals surface area contributed by atoms with Crippen LogP contribution < -0.4 is 5.32 Å². The topological polar surface area (TPSA) is 58.6 Å². The predicted molar refractivity (Wildman–Crippen MR) is 61.9 cm³/mol. The number of carbonyl (C=O) groups excluding carboxylic acids is 1. The van der Waals surface area contributed by atoms with E-state index in [0.717, 1.165) is 0 Å². The van der Waals surface area contributed by atoms with Gasteiger partial charge in [0, 0.05) is 6.54 Å². The number of amides is 1. The van der Waals surface area contributed by atoms with E-state index in [-0.39, 0.29) is 6.54 Å². The SMILES string of the molecule is CC(O)CNC(=O)OC(C)(C)C.CCC. The summed E-state index contributed by atoms with van der Waals surface area (Å²) in [5.74, 6) is 0. The van der Waals surface area contributed by atoms with Gasteiger partial charge >= 0.3 is 6.09 Å². The smallest absolute Gasteiger partial charge is 0.407 e. The van der Waals surface area contributed by atoms with Gasteiger partial charge in [-0.25, -0.2) is 4.79 Å². The largest absolute Gasteiger partial charge is 0.444 e. The van der Waals surface area contributed by atoms with Gasteiger partial charge in [0.25, 0.3) is 0 Å². The van der Waals surface area contributed by atoms with E-state index in [9.17, 15) is 4.79 Å². The lowest BCUT2D eigenvalue weighted by Gasteiger charge is -2.19. The average Bonchev–Trinajstić information content (AvgIpc) is 1.99. The van der Waals surface area contributed by atoms with Crippen molar-refractivity contribution in [3.63, 3.8) is 0 Å². The third-order valence-electron chi connectivity index (χ3n) is 0.941. The standard InChI is InChI=1S/C8H17NO3.C3H8/c1-6(10)5-9-7(11)12-8(2,3)4;1-3-2/h6,10H,5H2,1-4H3,(H,9,11);3H2,1-2H3. The van der Waals surface area contributed by atoms with Crippen LogP contribution in [0.25, 0.3) is 0 Å². The number of hydrogen-bond donors (Lipinski definition) is 2. The molecule has 0 fully saturated rings. The van der Waals surface area contributed by atoms with Crippen molar-refractivity contribution in [1.82, 2.24) is 5.32 Å². The summed E-state index contributed by atoms with van der Waals surface area (Å²) in [4.78, 5) is 10.9. The Morgan fingerprint density at radius 2 is 1.80 bits per heavy atom. The molecule has 0 aliphatic carbocycles. The van der Waals surface area contributed by atoms with Crippen molar-refractivity contribution in [3.05, 3.63) is 0 Å². The van der Waals surface area contributed by atoms with Crippen LogP contribution in [0.2, 0.25) is 0 Å². The van der Waals surface area contributed by atoms with Gasteiger partial charge in [-0.05, 0) is 27.7 Å². The summed E-state index contributed by atoms with van der Waals surface area (Å²) in [5, 5.41) is 11.3. The molecule has 4 heteroatoms. The van der Waals surface area contributed by atoms with Crippen LogP contribution in [-0.2, 0) is 4.74 Å². The Labute approximate surface area is 93.0 Å². The van der Waals surface area contributed by atoms with Crippen LogP contribution in [0, 0.1) is 0 Å². The van der Waals surface area contributed by atoms with Crippen molar-refractivity contribution in [2.75, 3.05) is 6.54 Å². The molecule has 0 aromatic carbocycles. The molecule has 1 atom stereocenters.